The molecule has 4 heteroatoms. The van der Waals surface area contributed by atoms with Gasteiger partial charge in [0, 0.05) is 0 Å². The van der Waals surface area contributed by atoms with E-state index >= 15 is 0 Å². The summed E-state index contributed by atoms with van der Waals surface area (Å²) in [5, 5.41) is 3.89. The minimum Gasteiger partial charge on any atom is -0.483 e. The normalized spacial score (nSPS) is 10.6. The number of aryl methyl sites for hydroxylation is 2. The molecule has 1 N–H and O–H groups in total. The first kappa shape index (κ1) is 14.8. The topological polar surface area (TPSA) is 50.7 Å². The van der Waals surface area contributed by atoms with E-state index in [4.69, 9.17) is 4.74 Å². The second kappa shape index (κ2) is 7.24. The van der Waals surface area contributed by atoms with Gasteiger partial charge < -0.3 is 4.74 Å². The van der Waals surface area contributed by atoms with Crippen molar-refractivity contribution >= 4 is 12.1 Å². The van der Waals surface area contributed by atoms with Gasteiger partial charge in [-0.2, -0.15) is 5.10 Å². The molecule has 0 bridgehead atoms. The van der Waals surface area contributed by atoms with Crippen LogP contribution < -0.4 is 10.2 Å². The first-order chi connectivity index (χ1) is 10.1. The van der Waals surface area contributed by atoms with E-state index < -0.39 is 0 Å². The Morgan fingerprint density at radius 2 is 1.95 bits per heavy atom. The van der Waals surface area contributed by atoms with Crippen molar-refractivity contribution in [2.45, 2.75) is 13.8 Å². The third-order valence-corrected chi connectivity index (χ3v) is 2.90. The zero-order valence-corrected chi connectivity index (χ0v) is 12.2. The minimum atomic E-state index is -0.289. The van der Waals surface area contributed by atoms with E-state index in [1.807, 2.05) is 62.4 Å². The van der Waals surface area contributed by atoms with Crippen LogP contribution in [0, 0.1) is 13.8 Å². The highest BCUT2D eigenvalue weighted by Crippen LogP contribution is 2.18. The number of benzene rings is 2. The second-order valence-corrected chi connectivity index (χ2v) is 4.76. The summed E-state index contributed by atoms with van der Waals surface area (Å²) in [5.41, 5.74) is 5.46. The van der Waals surface area contributed by atoms with Crippen molar-refractivity contribution in [1.82, 2.24) is 5.43 Å². The molecule has 0 spiro atoms. The van der Waals surface area contributed by atoms with Crippen molar-refractivity contribution in [3.63, 3.8) is 0 Å². The molecule has 1 amide bonds. The lowest BCUT2D eigenvalue weighted by atomic mass is 10.1. The standard InChI is InChI=1S/C17H18N2O2/c1-13-8-9-14(2)16(10-13)21-12-17(20)19-18-11-15-6-4-3-5-7-15/h3-11H,12H2,1-2H3,(H,19,20). The number of nitrogens with one attached hydrogen (secondary N) is 1. The van der Waals surface area contributed by atoms with Crippen LogP contribution in [0.1, 0.15) is 16.7 Å². The van der Waals surface area contributed by atoms with Crippen molar-refractivity contribution in [2.75, 3.05) is 6.61 Å². The maximum atomic E-state index is 11.7. The van der Waals surface area contributed by atoms with Crippen molar-refractivity contribution < 1.29 is 9.53 Å². The van der Waals surface area contributed by atoms with Crippen LogP contribution in [0.5, 0.6) is 5.75 Å². The number of ether oxygens (including phenoxy) is 1. The number of hydrogen-bond acceptors (Lipinski definition) is 3. The fourth-order valence-corrected chi connectivity index (χ4v) is 1.76. The molecule has 2 aromatic carbocycles. The lowest BCUT2D eigenvalue weighted by molar-refractivity contribution is -0.123. The summed E-state index contributed by atoms with van der Waals surface area (Å²) >= 11 is 0. The molecule has 0 aliphatic carbocycles. The predicted octanol–water partition coefficient (Wildman–Crippen LogP) is 2.83. The van der Waals surface area contributed by atoms with E-state index in [9.17, 15) is 4.79 Å². The van der Waals surface area contributed by atoms with E-state index in [1.54, 1.807) is 6.21 Å². The zero-order valence-electron chi connectivity index (χ0n) is 12.2. The molecule has 108 valence electrons. The summed E-state index contributed by atoms with van der Waals surface area (Å²) < 4.78 is 5.50. The van der Waals surface area contributed by atoms with Gasteiger partial charge in [0.05, 0.1) is 6.21 Å². The molecule has 4 nitrogen and oxygen atoms in total. The Hall–Kier alpha value is -2.62. The summed E-state index contributed by atoms with van der Waals surface area (Å²) in [5.74, 6) is 0.431. The molecule has 0 unspecified atom stereocenters. The summed E-state index contributed by atoms with van der Waals surface area (Å²) in [6.45, 7) is 3.87. The van der Waals surface area contributed by atoms with Crippen molar-refractivity contribution in [3.8, 4) is 5.75 Å². The Morgan fingerprint density at radius 1 is 1.19 bits per heavy atom. The van der Waals surface area contributed by atoms with Crippen LogP contribution in [-0.4, -0.2) is 18.7 Å². The number of hydrazone groups is 1. The Bertz CT molecular complexity index is 636. The highest BCUT2D eigenvalue weighted by Gasteiger charge is 2.04. The summed E-state index contributed by atoms with van der Waals surface area (Å²) in [6, 6.07) is 15.4. The number of nitrogens with zero attached hydrogens (tertiary/aromatic N) is 1. The SMILES string of the molecule is Cc1ccc(C)c(OCC(=O)NN=Cc2ccccc2)c1. The molecular formula is C17H18N2O2. The molecule has 0 saturated carbocycles. The fourth-order valence-electron chi connectivity index (χ4n) is 1.76. The first-order valence-electron chi connectivity index (χ1n) is 6.72. The summed E-state index contributed by atoms with van der Waals surface area (Å²) in [4.78, 5) is 11.7. The van der Waals surface area contributed by atoms with Gasteiger partial charge in [-0.1, -0.05) is 42.5 Å². The van der Waals surface area contributed by atoms with Gasteiger partial charge in [-0.25, -0.2) is 5.43 Å². The fraction of sp³-hybridized carbons (Fsp3) is 0.176. The number of carbonyl (C=O) groups is 1. The molecule has 0 aliphatic heterocycles. The predicted molar refractivity (Wildman–Crippen MR) is 83.6 cm³/mol. The summed E-state index contributed by atoms with van der Waals surface area (Å²) in [7, 11) is 0. The maximum absolute atomic E-state index is 11.7. The molecule has 0 aromatic heterocycles. The molecule has 0 radical (unpaired) electrons. The molecule has 0 aliphatic rings. The van der Waals surface area contributed by atoms with E-state index in [0.29, 0.717) is 0 Å². The van der Waals surface area contributed by atoms with Crippen LogP contribution in [0.15, 0.2) is 53.6 Å². The lowest BCUT2D eigenvalue weighted by Crippen LogP contribution is -2.24. The molecular weight excluding hydrogens is 264 g/mol. The molecule has 21 heavy (non-hydrogen) atoms. The maximum Gasteiger partial charge on any atom is 0.277 e. The Morgan fingerprint density at radius 3 is 2.71 bits per heavy atom. The third kappa shape index (κ3) is 4.76. The average Bonchev–Trinajstić information content (AvgIpc) is 2.49. The monoisotopic (exact) mass is 282 g/mol. The average molecular weight is 282 g/mol. The van der Waals surface area contributed by atoms with Crippen LogP contribution in [0.2, 0.25) is 0 Å². The molecule has 0 heterocycles. The van der Waals surface area contributed by atoms with Crippen LogP contribution in [0.25, 0.3) is 0 Å². The van der Waals surface area contributed by atoms with Crippen LogP contribution in [0.4, 0.5) is 0 Å². The Labute approximate surface area is 124 Å². The molecule has 2 rings (SSSR count). The number of carbonyl (C=O) groups excluding carboxylic acids is 1. The minimum absolute atomic E-state index is 0.0591. The highest BCUT2D eigenvalue weighted by molar-refractivity contribution is 5.82. The largest absolute Gasteiger partial charge is 0.483 e. The van der Waals surface area contributed by atoms with Gasteiger partial charge >= 0.3 is 0 Å². The molecule has 0 fully saturated rings. The van der Waals surface area contributed by atoms with E-state index in [-0.39, 0.29) is 12.5 Å². The van der Waals surface area contributed by atoms with Gasteiger partial charge in [0.25, 0.3) is 5.91 Å². The van der Waals surface area contributed by atoms with Gasteiger partial charge in [-0.15, -0.1) is 0 Å². The smallest absolute Gasteiger partial charge is 0.277 e. The van der Waals surface area contributed by atoms with E-state index in [2.05, 4.69) is 10.5 Å². The Balaban J connectivity index is 1.82. The zero-order chi connectivity index (χ0) is 15.1. The van der Waals surface area contributed by atoms with E-state index in [1.165, 1.54) is 0 Å². The van der Waals surface area contributed by atoms with Gasteiger partial charge in [-0.05, 0) is 36.6 Å². The molecule has 0 atom stereocenters. The van der Waals surface area contributed by atoms with Gasteiger partial charge in [-0.3, -0.25) is 4.79 Å². The highest BCUT2D eigenvalue weighted by atomic mass is 16.5. The second-order valence-electron chi connectivity index (χ2n) is 4.76. The van der Waals surface area contributed by atoms with Crippen molar-refractivity contribution in [3.05, 3.63) is 65.2 Å². The van der Waals surface area contributed by atoms with E-state index in [0.717, 1.165) is 22.4 Å². The van der Waals surface area contributed by atoms with Crippen LogP contribution in [-0.2, 0) is 4.79 Å². The van der Waals surface area contributed by atoms with Crippen LogP contribution >= 0.6 is 0 Å². The van der Waals surface area contributed by atoms with Gasteiger partial charge in [0.1, 0.15) is 5.75 Å². The first-order valence-corrected chi connectivity index (χ1v) is 6.72. The van der Waals surface area contributed by atoms with Crippen molar-refractivity contribution in [2.24, 2.45) is 5.10 Å². The van der Waals surface area contributed by atoms with Gasteiger partial charge in [0.2, 0.25) is 0 Å². The quantitative estimate of drug-likeness (QED) is 0.677. The number of hydrogen-bond donors (Lipinski definition) is 1. The molecule has 0 saturated heterocycles. The number of rotatable bonds is 5. The van der Waals surface area contributed by atoms with Gasteiger partial charge in [0.15, 0.2) is 6.61 Å². The summed E-state index contributed by atoms with van der Waals surface area (Å²) in [6.07, 6.45) is 1.59. The Kier molecular flexibility index (Phi) is 5.10. The van der Waals surface area contributed by atoms with Crippen molar-refractivity contribution in [1.29, 1.82) is 0 Å². The lowest BCUT2D eigenvalue weighted by Gasteiger charge is -2.08. The molecule has 2 aromatic rings. The third-order valence-electron chi connectivity index (χ3n) is 2.90. The van der Waals surface area contributed by atoms with Crippen LogP contribution in [0.3, 0.4) is 0 Å². The number of amides is 1.